The standard InChI is InChI=1S/C22H31N3O5/c1-6-13(2)18(20(27)28)24-19(26)16(23)11-14-12-25(21(29)30-22(3,4)5)17-10-8-7-9-15(14)17/h7-10,12-13,16,18H,6,11,23H2,1-5H3,(H,24,26)(H,27,28)/t13-,16-,18-/m0/s1. The summed E-state index contributed by atoms with van der Waals surface area (Å²) in [6.07, 6.45) is 1.85. The second kappa shape index (κ2) is 9.30. The van der Waals surface area contributed by atoms with E-state index in [1.165, 1.54) is 4.57 Å². The van der Waals surface area contributed by atoms with E-state index in [0.717, 1.165) is 5.39 Å². The number of aliphatic carboxylic acids is 1. The molecule has 164 valence electrons. The first-order valence-electron chi connectivity index (χ1n) is 10.1. The van der Waals surface area contributed by atoms with Crippen molar-refractivity contribution in [1.29, 1.82) is 0 Å². The SMILES string of the molecule is CC[C@H](C)[C@H](NC(=O)[C@@H](N)Cc1cn(C(=O)OC(C)(C)C)c2ccccc12)C(=O)O. The molecule has 2 aromatic rings. The van der Waals surface area contributed by atoms with Gasteiger partial charge in [0.15, 0.2) is 0 Å². The number of amides is 1. The van der Waals surface area contributed by atoms with Gasteiger partial charge < -0.3 is 20.9 Å². The molecule has 0 fully saturated rings. The largest absolute Gasteiger partial charge is 0.480 e. The Labute approximate surface area is 176 Å². The normalized spacial score (nSPS) is 14.7. The lowest BCUT2D eigenvalue weighted by Gasteiger charge is -2.22. The van der Waals surface area contributed by atoms with Gasteiger partial charge in [-0.3, -0.25) is 9.36 Å². The van der Waals surface area contributed by atoms with Gasteiger partial charge in [-0.2, -0.15) is 0 Å². The third-order valence-corrected chi connectivity index (χ3v) is 4.94. The van der Waals surface area contributed by atoms with Crippen molar-refractivity contribution in [1.82, 2.24) is 9.88 Å². The van der Waals surface area contributed by atoms with Gasteiger partial charge in [0, 0.05) is 11.6 Å². The fourth-order valence-corrected chi connectivity index (χ4v) is 3.15. The molecule has 2 rings (SSSR count). The van der Waals surface area contributed by atoms with E-state index < -0.39 is 35.7 Å². The molecule has 0 saturated heterocycles. The topological polar surface area (TPSA) is 124 Å². The predicted octanol–water partition coefficient (Wildman–Crippen LogP) is 2.91. The van der Waals surface area contributed by atoms with Gasteiger partial charge in [-0.15, -0.1) is 0 Å². The number of para-hydroxylation sites is 1. The Morgan fingerprint density at radius 2 is 1.87 bits per heavy atom. The Morgan fingerprint density at radius 1 is 1.23 bits per heavy atom. The summed E-state index contributed by atoms with van der Waals surface area (Å²) >= 11 is 0. The van der Waals surface area contributed by atoms with Crippen molar-refractivity contribution in [2.45, 2.75) is 65.1 Å². The van der Waals surface area contributed by atoms with Gasteiger partial charge in [0.1, 0.15) is 11.6 Å². The number of carbonyl (C=O) groups excluding carboxylic acids is 2. The van der Waals surface area contributed by atoms with Crippen LogP contribution in [0.2, 0.25) is 0 Å². The Bertz CT molecular complexity index is 928. The van der Waals surface area contributed by atoms with E-state index in [9.17, 15) is 19.5 Å². The third-order valence-electron chi connectivity index (χ3n) is 4.94. The molecule has 4 N–H and O–H groups in total. The average Bonchev–Trinajstić information content (AvgIpc) is 3.02. The first kappa shape index (κ1) is 23.4. The maximum absolute atomic E-state index is 12.6. The molecule has 0 aliphatic carbocycles. The van der Waals surface area contributed by atoms with Crippen LogP contribution in [0, 0.1) is 5.92 Å². The molecule has 0 spiro atoms. The second-order valence-corrected chi connectivity index (χ2v) is 8.54. The van der Waals surface area contributed by atoms with E-state index >= 15 is 0 Å². The Morgan fingerprint density at radius 3 is 2.43 bits per heavy atom. The molecular weight excluding hydrogens is 386 g/mol. The number of hydrogen-bond donors (Lipinski definition) is 3. The number of carboxylic acid groups (broad SMARTS) is 1. The fourth-order valence-electron chi connectivity index (χ4n) is 3.15. The van der Waals surface area contributed by atoms with Crippen molar-refractivity contribution in [3.63, 3.8) is 0 Å². The smallest absolute Gasteiger partial charge is 0.419 e. The molecule has 8 nitrogen and oxygen atoms in total. The summed E-state index contributed by atoms with van der Waals surface area (Å²) in [6, 6.07) is 5.31. The molecule has 3 atom stereocenters. The maximum atomic E-state index is 12.6. The number of ether oxygens (including phenoxy) is 1. The Balaban J connectivity index is 2.25. The number of rotatable bonds is 7. The highest BCUT2D eigenvalue weighted by molar-refractivity contribution is 5.93. The van der Waals surface area contributed by atoms with E-state index in [1.54, 1.807) is 40.0 Å². The van der Waals surface area contributed by atoms with Crippen molar-refractivity contribution >= 4 is 28.9 Å². The van der Waals surface area contributed by atoms with Gasteiger partial charge in [0.2, 0.25) is 5.91 Å². The van der Waals surface area contributed by atoms with E-state index in [2.05, 4.69) is 5.32 Å². The maximum Gasteiger partial charge on any atom is 0.419 e. The molecule has 1 aromatic carbocycles. The average molecular weight is 418 g/mol. The van der Waals surface area contributed by atoms with Gasteiger partial charge in [0.05, 0.1) is 11.6 Å². The van der Waals surface area contributed by atoms with Crippen LogP contribution in [0.25, 0.3) is 10.9 Å². The molecule has 0 bridgehead atoms. The lowest BCUT2D eigenvalue weighted by molar-refractivity contribution is -0.143. The van der Waals surface area contributed by atoms with Crippen molar-refractivity contribution in [3.05, 3.63) is 36.0 Å². The van der Waals surface area contributed by atoms with E-state index in [4.69, 9.17) is 10.5 Å². The van der Waals surface area contributed by atoms with Crippen LogP contribution < -0.4 is 11.1 Å². The van der Waals surface area contributed by atoms with Gasteiger partial charge in [0.25, 0.3) is 0 Å². The summed E-state index contributed by atoms with van der Waals surface area (Å²) in [6.45, 7) is 8.98. The molecule has 1 heterocycles. The number of nitrogens with zero attached hydrogens (tertiary/aromatic N) is 1. The number of carboxylic acids is 1. The zero-order valence-electron chi connectivity index (χ0n) is 18.1. The molecule has 0 aliphatic rings. The monoisotopic (exact) mass is 417 g/mol. The minimum atomic E-state index is -1.09. The number of carbonyl (C=O) groups is 3. The van der Waals surface area contributed by atoms with Gasteiger partial charge in [-0.05, 0) is 44.7 Å². The molecule has 0 radical (unpaired) electrons. The summed E-state index contributed by atoms with van der Waals surface area (Å²) in [4.78, 5) is 36.6. The zero-order chi connectivity index (χ0) is 22.6. The summed E-state index contributed by atoms with van der Waals surface area (Å²) in [5.41, 5.74) is 6.79. The second-order valence-electron chi connectivity index (χ2n) is 8.54. The quantitative estimate of drug-likeness (QED) is 0.636. The minimum Gasteiger partial charge on any atom is -0.480 e. The lowest BCUT2D eigenvalue weighted by Crippen LogP contribution is -2.51. The van der Waals surface area contributed by atoms with Gasteiger partial charge >= 0.3 is 12.1 Å². The molecule has 1 aromatic heterocycles. The van der Waals surface area contributed by atoms with Crippen LogP contribution in [0.3, 0.4) is 0 Å². The van der Waals surface area contributed by atoms with Crippen LogP contribution in [0.15, 0.2) is 30.5 Å². The Kier molecular flexibility index (Phi) is 7.25. The fraction of sp³-hybridized carbons (Fsp3) is 0.500. The van der Waals surface area contributed by atoms with Crippen molar-refractivity contribution in [2.24, 2.45) is 11.7 Å². The number of fused-ring (bicyclic) bond motifs is 1. The summed E-state index contributed by atoms with van der Waals surface area (Å²) in [7, 11) is 0. The Hall–Kier alpha value is -2.87. The molecule has 0 aliphatic heterocycles. The van der Waals surface area contributed by atoms with Gasteiger partial charge in [-0.25, -0.2) is 9.59 Å². The van der Waals surface area contributed by atoms with Crippen LogP contribution in [-0.2, 0) is 20.7 Å². The van der Waals surface area contributed by atoms with E-state index in [-0.39, 0.29) is 12.3 Å². The molecule has 30 heavy (non-hydrogen) atoms. The number of benzene rings is 1. The first-order chi connectivity index (χ1) is 13.9. The first-order valence-corrected chi connectivity index (χ1v) is 10.1. The molecular formula is C22H31N3O5. The lowest BCUT2D eigenvalue weighted by atomic mass is 9.98. The van der Waals surface area contributed by atoms with E-state index in [1.807, 2.05) is 25.1 Å². The molecule has 8 heteroatoms. The zero-order valence-corrected chi connectivity index (χ0v) is 18.1. The van der Waals surface area contributed by atoms with Crippen LogP contribution in [0.5, 0.6) is 0 Å². The molecule has 0 unspecified atom stereocenters. The number of nitrogens with two attached hydrogens (primary N) is 1. The van der Waals surface area contributed by atoms with Crippen molar-refractivity contribution in [2.75, 3.05) is 0 Å². The predicted molar refractivity (Wildman–Crippen MR) is 114 cm³/mol. The van der Waals surface area contributed by atoms with Crippen LogP contribution >= 0.6 is 0 Å². The third kappa shape index (κ3) is 5.60. The van der Waals surface area contributed by atoms with Crippen LogP contribution in [-0.4, -0.2) is 45.3 Å². The van der Waals surface area contributed by atoms with E-state index in [0.29, 0.717) is 17.5 Å². The van der Waals surface area contributed by atoms with Gasteiger partial charge in [-0.1, -0.05) is 38.5 Å². The number of nitrogens with one attached hydrogen (secondary N) is 1. The summed E-state index contributed by atoms with van der Waals surface area (Å²) in [5, 5.41) is 12.7. The summed E-state index contributed by atoms with van der Waals surface area (Å²) < 4.78 is 6.87. The van der Waals surface area contributed by atoms with Crippen molar-refractivity contribution < 1.29 is 24.2 Å². The molecule has 0 saturated carbocycles. The van der Waals surface area contributed by atoms with Crippen LogP contribution in [0.4, 0.5) is 4.79 Å². The highest BCUT2D eigenvalue weighted by Crippen LogP contribution is 2.24. The number of aromatic nitrogens is 1. The highest BCUT2D eigenvalue weighted by atomic mass is 16.6. The van der Waals surface area contributed by atoms with Crippen LogP contribution in [0.1, 0.15) is 46.6 Å². The number of hydrogen-bond acceptors (Lipinski definition) is 5. The highest BCUT2D eigenvalue weighted by Gasteiger charge is 2.28. The molecule has 1 amide bonds. The van der Waals surface area contributed by atoms with Crippen molar-refractivity contribution in [3.8, 4) is 0 Å². The minimum absolute atomic E-state index is 0.148. The summed E-state index contributed by atoms with van der Waals surface area (Å²) in [5.74, 6) is -1.86.